The molecule has 0 aliphatic rings. The van der Waals surface area contributed by atoms with Crippen molar-refractivity contribution in [1.82, 2.24) is 4.98 Å². The maximum Gasteiger partial charge on any atom is 0.150 e. The van der Waals surface area contributed by atoms with Crippen LogP contribution in [0.3, 0.4) is 0 Å². The normalized spacial score (nSPS) is 10.0. The molecule has 0 radical (unpaired) electrons. The average molecular weight is 248 g/mol. The number of rotatable bonds is 3. The van der Waals surface area contributed by atoms with Crippen LogP contribution in [0.1, 0.15) is 16.1 Å². The number of halogens is 1. The molecule has 0 atom stereocenters. The molecule has 0 saturated carbocycles. The van der Waals surface area contributed by atoms with Crippen LogP contribution in [-0.4, -0.2) is 11.3 Å². The zero-order chi connectivity index (χ0) is 12.3. The summed E-state index contributed by atoms with van der Waals surface area (Å²) in [5, 5.41) is 0.401. The standard InChI is InChI=1S/C13H10ClNO2/c1-9-12(3-2-6-15-9)17-13-5-4-10(8-16)7-11(13)14/h2-8H,1H3. The highest BCUT2D eigenvalue weighted by Gasteiger charge is 2.06. The molecule has 0 unspecified atom stereocenters. The largest absolute Gasteiger partial charge is 0.454 e. The zero-order valence-corrected chi connectivity index (χ0v) is 9.94. The van der Waals surface area contributed by atoms with Crippen molar-refractivity contribution in [3.8, 4) is 11.5 Å². The number of aryl methyl sites for hydroxylation is 1. The predicted molar refractivity (Wildman–Crippen MR) is 65.9 cm³/mol. The number of hydrogen-bond acceptors (Lipinski definition) is 3. The second kappa shape index (κ2) is 4.97. The fraction of sp³-hybridized carbons (Fsp3) is 0.0769. The van der Waals surface area contributed by atoms with Gasteiger partial charge in [0.1, 0.15) is 17.8 Å². The summed E-state index contributed by atoms with van der Waals surface area (Å²) < 4.78 is 5.63. The summed E-state index contributed by atoms with van der Waals surface area (Å²) >= 11 is 6.01. The summed E-state index contributed by atoms with van der Waals surface area (Å²) in [5.74, 6) is 1.15. The van der Waals surface area contributed by atoms with Crippen LogP contribution < -0.4 is 4.74 Å². The summed E-state index contributed by atoms with van der Waals surface area (Å²) in [6.07, 6.45) is 2.43. The van der Waals surface area contributed by atoms with Gasteiger partial charge in [-0.1, -0.05) is 11.6 Å². The highest BCUT2D eigenvalue weighted by molar-refractivity contribution is 6.32. The summed E-state index contributed by atoms with van der Waals surface area (Å²) in [6, 6.07) is 8.48. The molecule has 0 N–H and O–H groups in total. The van der Waals surface area contributed by atoms with Crippen LogP contribution in [0.5, 0.6) is 11.5 Å². The van der Waals surface area contributed by atoms with Crippen molar-refractivity contribution in [3.63, 3.8) is 0 Å². The molecule has 0 spiro atoms. The molecule has 2 rings (SSSR count). The molecule has 1 heterocycles. The van der Waals surface area contributed by atoms with Crippen molar-refractivity contribution in [2.75, 3.05) is 0 Å². The molecule has 17 heavy (non-hydrogen) atoms. The minimum atomic E-state index is 0.401. The van der Waals surface area contributed by atoms with E-state index in [0.29, 0.717) is 22.1 Å². The smallest absolute Gasteiger partial charge is 0.150 e. The molecule has 86 valence electrons. The van der Waals surface area contributed by atoms with Crippen molar-refractivity contribution in [2.45, 2.75) is 6.92 Å². The number of hydrogen-bond donors (Lipinski definition) is 0. The van der Waals surface area contributed by atoms with Gasteiger partial charge >= 0.3 is 0 Å². The minimum absolute atomic E-state index is 0.401. The van der Waals surface area contributed by atoms with Gasteiger partial charge in [-0.25, -0.2) is 0 Å². The van der Waals surface area contributed by atoms with Gasteiger partial charge in [0.25, 0.3) is 0 Å². The molecule has 0 fully saturated rings. The fourth-order valence-corrected chi connectivity index (χ4v) is 1.60. The van der Waals surface area contributed by atoms with E-state index in [2.05, 4.69) is 4.98 Å². The number of carbonyl (C=O) groups is 1. The lowest BCUT2D eigenvalue weighted by Crippen LogP contribution is -1.91. The Bertz CT molecular complexity index is 555. The Morgan fingerprint density at radius 1 is 1.29 bits per heavy atom. The van der Waals surface area contributed by atoms with Crippen LogP contribution in [0.25, 0.3) is 0 Å². The monoisotopic (exact) mass is 247 g/mol. The third kappa shape index (κ3) is 2.63. The van der Waals surface area contributed by atoms with E-state index in [-0.39, 0.29) is 0 Å². The van der Waals surface area contributed by atoms with Gasteiger partial charge in [0.05, 0.1) is 10.7 Å². The van der Waals surface area contributed by atoms with E-state index in [1.54, 1.807) is 30.5 Å². The van der Waals surface area contributed by atoms with E-state index >= 15 is 0 Å². The molecule has 0 aliphatic carbocycles. The van der Waals surface area contributed by atoms with Crippen LogP contribution in [0.15, 0.2) is 36.5 Å². The van der Waals surface area contributed by atoms with Gasteiger partial charge in [-0.3, -0.25) is 9.78 Å². The maximum absolute atomic E-state index is 10.6. The van der Waals surface area contributed by atoms with Crippen LogP contribution in [0, 0.1) is 6.92 Å². The first-order valence-corrected chi connectivity index (χ1v) is 5.42. The van der Waals surface area contributed by atoms with E-state index in [0.717, 1.165) is 12.0 Å². The number of carbonyl (C=O) groups excluding carboxylic acids is 1. The quantitative estimate of drug-likeness (QED) is 0.777. The van der Waals surface area contributed by atoms with Crippen LogP contribution in [0.2, 0.25) is 5.02 Å². The summed E-state index contributed by atoms with van der Waals surface area (Å²) in [6.45, 7) is 1.85. The van der Waals surface area contributed by atoms with Crippen molar-refractivity contribution in [1.29, 1.82) is 0 Å². The SMILES string of the molecule is Cc1ncccc1Oc1ccc(C=O)cc1Cl. The molecule has 4 heteroatoms. The second-order valence-electron chi connectivity index (χ2n) is 3.50. The molecular weight excluding hydrogens is 238 g/mol. The first-order valence-electron chi connectivity index (χ1n) is 5.05. The molecule has 0 amide bonds. The molecule has 1 aromatic carbocycles. The molecule has 0 saturated heterocycles. The number of pyridine rings is 1. The van der Waals surface area contributed by atoms with Gasteiger partial charge in [0, 0.05) is 11.8 Å². The number of nitrogens with zero attached hydrogens (tertiary/aromatic N) is 1. The number of aldehydes is 1. The first-order chi connectivity index (χ1) is 8.20. The van der Waals surface area contributed by atoms with Gasteiger partial charge in [0.2, 0.25) is 0 Å². The van der Waals surface area contributed by atoms with E-state index in [1.807, 2.05) is 13.0 Å². The minimum Gasteiger partial charge on any atom is -0.454 e. The lowest BCUT2D eigenvalue weighted by atomic mass is 10.2. The van der Waals surface area contributed by atoms with Gasteiger partial charge in [-0.05, 0) is 37.3 Å². The van der Waals surface area contributed by atoms with Gasteiger partial charge < -0.3 is 4.74 Å². The lowest BCUT2D eigenvalue weighted by molar-refractivity contribution is 0.112. The summed E-state index contributed by atoms with van der Waals surface area (Å²) in [7, 11) is 0. The van der Waals surface area contributed by atoms with Crippen LogP contribution in [0.4, 0.5) is 0 Å². The third-order valence-electron chi connectivity index (χ3n) is 2.27. The Balaban J connectivity index is 2.31. The van der Waals surface area contributed by atoms with Crippen molar-refractivity contribution < 1.29 is 9.53 Å². The van der Waals surface area contributed by atoms with Crippen LogP contribution >= 0.6 is 11.6 Å². The van der Waals surface area contributed by atoms with E-state index in [9.17, 15) is 4.79 Å². The highest BCUT2D eigenvalue weighted by atomic mass is 35.5. The van der Waals surface area contributed by atoms with Crippen molar-refractivity contribution in [3.05, 3.63) is 52.8 Å². The van der Waals surface area contributed by atoms with Crippen molar-refractivity contribution in [2.24, 2.45) is 0 Å². The van der Waals surface area contributed by atoms with E-state index in [1.165, 1.54) is 0 Å². The summed E-state index contributed by atoms with van der Waals surface area (Å²) in [5.41, 5.74) is 1.30. The molecule has 0 bridgehead atoms. The first kappa shape index (κ1) is 11.6. The Morgan fingerprint density at radius 2 is 2.12 bits per heavy atom. The average Bonchev–Trinajstić information content (AvgIpc) is 2.34. The topological polar surface area (TPSA) is 39.2 Å². The molecule has 2 aromatic rings. The van der Waals surface area contributed by atoms with E-state index < -0.39 is 0 Å². The Hall–Kier alpha value is -1.87. The predicted octanol–water partition coefficient (Wildman–Crippen LogP) is 3.65. The number of ether oxygens (including phenoxy) is 1. The lowest BCUT2D eigenvalue weighted by Gasteiger charge is -2.09. The maximum atomic E-state index is 10.6. The highest BCUT2D eigenvalue weighted by Crippen LogP contribution is 2.30. The molecular formula is C13H10ClNO2. The second-order valence-corrected chi connectivity index (χ2v) is 3.90. The van der Waals surface area contributed by atoms with Gasteiger partial charge in [-0.2, -0.15) is 0 Å². The van der Waals surface area contributed by atoms with Crippen molar-refractivity contribution >= 4 is 17.9 Å². The van der Waals surface area contributed by atoms with Gasteiger partial charge in [-0.15, -0.1) is 0 Å². The van der Waals surface area contributed by atoms with Crippen LogP contribution in [-0.2, 0) is 0 Å². The Morgan fingerprint density at radius 3 is 2.76 bits per heavy atom. The van der Waals surface area contributed by atoms with E-state index in [4.69, 9.17) is 16.3 Å². The zero-order valence-electron chi connectivity index (χ0n) is 9.18. The molecule has 3 nitrogen and oxygen atoms in total. The Kier molecular flexibility index (Phi) is 3.40. The number of aromatic nitrogens is 1. The fourth-order valence-electron chi connectivity index (χ4n) is 1.37. The molecule has 1 aromatic heterocycles. The summed E-state index contributed by atoms with van der Waals surface area (Å²) in [4.78, 5) is 14.7. The Labute approximate surface area is 104 Å². The number of benzene rings is 1. The third-order valence-corrected chi connectivity index (χ3v) is 2.57. The molecule has 0 aliphatic heterocycles. The van der Waals surface area contributed by atoms with Gasteiger partial charge in [0.15, 0.2) is 0 Å².